The van der Waals surface area contributed by atoms with Crippen LogP contribution in [0.4, 0.5) is 4.39 Å². The lowest BCUT2D eigenvalue weighted by molar-refractivity contribution is -0.121. The summed E-state index contributed by atoms with van der Waals surface area (Å²) in [5.74, 6) is 0.653. The number of hydrogen-bond donors (Lipinski definition) is 1. The minimum atomic E-state index is -0.326. The quantitative estimate of drug-likeness (QED) is 0.109. The zero-order valence-corrected chi connectivity index (χ0v) is 32.3. The molecule has 1 amide bonds. The maximum absolute atomic E-state index is 13.6. The molecule has 1 unspecified atom stereocenters. The smallest absolute Gasteiger partial charge is 0.257 e. The van der Waals surface area contributed by atoms with Gasteiger partial charge >= 0.3 is 0 Å². The fourth-order valence-corrected chi connectivity index (χ4v) is 6.88. The van der Waals surface area contributed by atoms with Crippen LogP contribution in [0.5, 0.6) is 0 Å². The van der Waals surface area contributed by atoms with Crippen molar-refractivity contribution in [3.63, 3.8) is 0 Å². The molecule has 286 valence electrons. The zero-order chi connectivity index (χ0) is 38.1. The van der Waals surface area contributed by atoms with Crippen LogP contribution in [0.3, 0.4) is 0 Å². The molecule has 2 aromatic carbocycles. The number of hydrogen-bond acceptors (Lipinski definition) is 8. The second kappa shape index (κ2) is 18.2. The number of nitrogens with one attached hydrogen (secondary N) is 1. The van der Waals surface area contributed by atoms with Crippen molar-refractivity contribution in [1.82, 2.24) is 24.9 Å². The Morgan fingerprint density at radius 2 is 1.74 bits per heavy atom. The van der Waals surface area contributed by atoms with Gasteiger partial charge in [0, 0.05) is 66.9 Å². The maximum Gasteiger partial charge on any atom is 0.257 e. The molecule has 10 nitrogen and oxygen atoms in total. The summed E-state index contributed by atoms with van der Waals surface area (Å²) in [5.41, 5.74) is 5.08. The Labute approximate surface area is 312 Å². The molecule has 11 heteroatoms. The molecule has 1 N–H and O–H groups in total. The molecule has 0 aliphatic carbocycles. The van der Waals surface area contributed by atoms with E-state index in [1.54, 1.807) is 22.8 Å². The maximum atomic E-state index is 13.6. The molecule has 1 saturated heterocycles. The van der Waals surface area contributed by atoms with Crippen molar-refractivity contribution < 1.29 is 23.2 Å². The average Bonchev–Trinajstić information content (AvgIpc) is 3.53. The monoisotopic (exact) mass is 729 g/mol. The summed E-state index contributed by atoms with van der Waals surface area (Å²) in [6.45, 7) is 16.4. The highest BCUT2D eigenvalue weighted by Gasteiger charge is 2.28. The zero-order valence-electron chi connectivity index (χ0n) is 32.3. The number of unbranched alkanes of at least 4 members (excludes halogenated alkanes) is 1. The first-order valence-electron chi connectivity index (χ1n) is 19.1. The van der Waals surface area contributed by atoms with Crippen LogP contribution in [0.1, 0.15) is 130 Å². The second-order valence-electron chi connectivity index (χ2n) is 16.1. The summed E-state index contributed by atoms with van der Waals surface area (Å²) >= 11 is 0. The largest absolute Gasteiger partial charge is 0.370 e. The van der Waals surface area contributed by atoms with E-state index in [4.69, 9.17) is 14.2 Å². The molecule has 6 rings (SSSR count). The topological polar surface area (TPSA) is 120 Å². The molecule has 4 heterocycles. The number of nitrogens with zero attached hydrogens (tertiary/aromatic N) is 4. The standard InChI is InChI=1S/C37H44FN5O5.C5H12/c1-24-30(16-20-42-18-14-28(15-19-42)35-31-13-12-29(38)22-33(31)48-41-35)37(46)43-17-5-6-32(36(43)40-24)47-21-4-3-7-34(45)39-23-26-8-10-27(11-9-26)25(2)44;1-5(2,3)4/h8-13,22,28,32H,3-7,14-21,23H2,1-2H3,(H,39,45);1-4H3. The van der Waals surface area contributed by atoms with Gasteiger partial charge in [-0.25, -0.2) is 9.37 Å². The van der Waals surface area contributed by atoms with E-state index in [0.29, 0.717) is 61.3 Å². The highest BCUT2D eigenvalue weighted by molar-refractivity contribution is 5.94. The highest BCUT2D eigenvalue weighted by atomic mass is 19.1. The molecule has 2 aliphatic rings. The Morgan fingerprint density at radius 3 is 2.43 bits per heavy atom. The molecule has 0 spiro atoms. The van der Waals surface area contributed by atoms with Gasteiger partial charge in [0.05, 0.1) is 5.69 Å². The lowest BCUT2D eigenvalue weighted by atomic mass is 9.91. The van der Waals surface area contributed by atoms with Crippen LogP contribution in [0.25, 0.3) is 11.0 Å². The number of piperidine rings is 1. The van der Waals surface area contributed by atoms with Crippen molar-refractivity contribution in [3.8, 4) is 0 Å². The van der Waals surface area contributed by atoms with Gasteiger partial charge < -0.3 is 19.5 Å². The summed E-state index contributed by atoms with van der Waals surface area (Å²) in [6.07, 6.45) is 5.80. The summed E-state index contributed by atoms with van der Waals surface area (Å²) in [4.78, 5) is 44.6. The van der Waals surface area contributed by atoms with Gasteiger partial charge in [0.1, 0.15) is 17.7 Å². The number of carbonyl (C=O) groups is 2. The van der Waals surface area contributed by atoms with Crippen molar-refractivity contribution in [2.24, 2.45) is 5.41 Å². The number of likely N-dealkylation sites (tertiary alicyclic amines) is 1. The van der Waals surface area contributed by atoms with E-state index in [1.165, 1.54) is 19.1 Å². The van der Waals surface area contributed by atoms with Crippen LogP contribution >= 0.6 is 0 Å². The van der Waals surface area contributed by atoms with Gasteiger partial charge in [0.2, 0.25) is 5.91 Å². The van der Waals surface area contributed by atoms with Crippen LogP contribution in [0.2, 0.25) is 0 Å². The van der Waals surface area contributed by atoms with E-state index >= 15 is 0 Å². The Kier molecular flexibility index (Phi) is 13.7. The van der Waals surface area contributed by atoms with Gasteiger partial charge in [-0.3, -0.25) is 19.0 Å². The number of Topliss-reactive ketones (excluding diaryl/α,β-unsaturated/α-hetero) is 1. The van der Waals surface area contributed by atoms with Gasteiger partial charge in [-0.05, 0) is 95.0 Å². The number of benzene rings is 2. The molecule has 1 fully saturated rings. The molecule has 2 aliphatic heterocycles. The van der Waals surface area contributed by atoms with Crippen molar-refractivity contribution in [3.05, 3.63) is 92.5 Å². The first-order valence-corrected chi connectivity index (χ1v) is 19.1. The van der Waals surface area contributed by atoms with Crippen LogP contribution in [-0.2, 0) is 29.0 Å². The second-order valence-corrected chi connectivity index (χ2v) is 16.1. The Balaban J connectivity index is 0.00000101. The van der Waals surface area contributed by atoms with Crippen molar-refractivity contribution in [1.29, 1.82) is 0 Å². The molecule has 0 radical (unpaired) electrons. The molecule has 53 heavy (non-hydrogen) atoms. The number of rotatable bonds is 13. The number of amides is 1. The minimum Gasteiger partial charge on any atom is -0.370 e. The SMILES string of the molecule is CC(=O)c1ccc(CNC(=O)CCCCOC2CCCn3c2nc(C)c(CCN2CCC(c4noc5cc(F)ccc45)CC2)c3=O)cc1.CC(C)(C)C. The number of ketones is 1. The first kappa shape index (κ1) is 40.0. The number of ether oxygens (including phenoxy) is 1. The van der Waals surface area contributed by atoms with Crippen molar-refractivity contribution in [2.45, 2.75) is 118 Å². The fraction of sp³-hybridized carbons (Fsp3) is 0.548. The predicted octanol–water partition coefficient (Wildman–Crippen LogP) is 7.85. The molecular formula is C42H56FN5O5. The highest BCUT2D eigenvalue weighted by Crippen LogP contribution is 2.33. The first-order chi connectivity index (χ1) is 25.3. The number of aryl methyl sites for hydroxylation is 1. The van der Waals surface area contributed by atoms with Crippen molar-refractivity contribution in [2.75, 3.05) is 26.2 Å². The Hall–Kier alpha value is -4.22. The lowest BCUT2D eigenvalue weighted by Gasteiger charge is -2.31. The minimum absolute atomic E-state index is 0.0178. The average molecular weight is 730 g/mol. The summed E-state index contributed by atoms with van der Waals surface area (Å²) < 4.78 is 27.0. The number of fused-ring (bicyclic) bond motifs is 2. The van der Waals surface area contributed by atoms with E-state index in [1.807, 2.05) is 19.1 Å². The Morgan fingerprint density at radius 1 is 1.02 bits per heavy atom. The number of carbonyl (C=O) groups excluding carboxylic acids is 2. The molecule has 1 atom stereocenters. The van der Waals surface area contributed by atoms with Gasteiger partial charge in [0.25, 0.3) is 5.56 Å². The van der Waals surface area contributed by atoms with E-state index in [-0.39, 0.29) is 35.1 Å². The van der Waals surface area contributed by atoms with E-state index in [9.17, 15) is 18.8 Å². The summed E-state index contributed by atoms with van der Waals surface area (Å²) in [5, 5.41) is 8.08. The summed E-state index contributed by atoms with van der Waals surface area (Å²) in [6, 6.07) is 11.8. The van der Waals surface area contributed by atoms with Gasteiger partial charge in [0.15, 0.2) is 11.4 Å². The van der Waals surface area contributed by atoms with Crippen LogP contribution in [0, 0.1) is 18.2 Å². The normalized spacial score (nSPS) is 16.5. The third-order valence-corrected chi connectivity index (χ3v) is 9.72. The van der Waals surface area contributed by atoms with E-state index < -0.39 is 0 Å². The van der Waals surface area contributed by atoms with Gasteiger partial charge in [-0.1, -0.05) is 57.1 Å². The molecule has 0 bridgehead atoms. The van der Waals surface area contributed by atoms with Gasteiger partial charge in [-0.15, -0.1) is 0 Å². The molecule has 2 aromatic heterocycles. The number of aromatic nitrogens is 3. The Bertz CT molecular complexity index is 1900. The third-order valence-electron chi connectivity index (χ3n) is 9.72. The number of halogens is 1. The van der Waals surface area contributed by atoms with E-state index in [2.05, 4.69) is 43.1 Å². The molecule has 0 saturated carbocycles. The van der Waals surface area contributed by atoms with Crippen LogP contribution in [-0.4, -0.2) is 57.5 Å². The van der Waals surface area contributed by atoms with Gasteiger partial charge in [-0.2, -0.15) is 0 Å². The van der Waals surface area contributed by atoms with Crippen LogP contribution < -0.4 is 10.9 Å². The van der Waals surface area contributed by atoms with E-state index in [0.717, 1.165) is 79.6 Å². The lowest BCUT2D eigenvalue weighted by Crippen LogP contribution is -2.38. The predicted molar refractivity (Wildman–Crippen MR) is 205 cm³/mol. The summed E-state index contributed by atoms with van der Waals surface area (Å²) in [7, 11) is 0. The molecular weight excluding hydrogens is 673 g/mol. The van der Waals surface area contributed by atoms with Crippen molar-refractivity contribution >= 4 is 22.7 Å². The third kappa shape index (κ3) is 11.4. The molecule has 4 aromatic rings. The van der Waals surface area contributed by atoms with Crippen LogP contribution in [0.15, 0.2) is 51.8 Å². The fourth-order valence-electron chi connectivity index (χ4n) is 6.88.